The highest BCUT2D eigenvalue weighted by molar-refractivity contribution is 9.10. The summed E-state index contributed by atoms with van der Waals surface area (Å²) >= 11 is 3.25. The number of halogens is 1. The van der Waals surface area contributed by atoms with Crippen LogP contribution in [-0.4, -0.2) is 22.2 Å². The van der Waals surface area contributed by atoms with Gasteiger partial charge < -0.3 is 5.32 Å². The van der Waals surface area contributed by atoms with Crippen LogP contribution in [0.3, 0.4) is 0 Å². The second-order valence-electron chi connectivity index (χ2n) is 2.74. The van der Waals surface area contributed by atoms with Gasteiger partial charge in [0.15, 0.2) is 0 Å². The van der Waals surface area contributed by atoms with Crippen molar-refractivity contribution >= 4 is 21.8 Å². The van der Waals surface area contributed by atoms with E-state index >= 15 is 0 Å². The van der Waals surface area contributed by atoms with Gasteiger partial charge in [-0.05, 0) is 22.9 Å². The minimum atomic E-state index is -0.352. The van der Waals surface area contributed by atoms with Crippen molar-refractivity contribution in [2.24, 2.45) is 0 Å². The molecule has 1 heterocycles. The van der Waals surface area contributed by atoms with Gasteiger partial charge in [0.05, 0.1) is 17.2 Å². The van der Waals surface area contributed by atoms with Crippen LogP contribution in [-0.2, 0) is 4.79 Å². The molecule has 1 unspecified atom stereocenters. The number of terminal acetylenes is 1. The lowest BCUT2D eigenvalue weighted by Gasteiger charge is -2.10. The zero-order chi connectivity index (χ0) is 10.6. The Morgan fingerprint density at radius 2 is 2.64 bits per heavy atom. The molecule has 74 valence electrons. The molecular formula is C9H10BrN3O. The number of carbonyl (C=O) groups is 1. The number of hydrogen-bond acceptors (Lipinski definition) is 2. The van der Waals surface area contributed by atoms with Gasteiger partial charge in [0.1, 0.15) is 6.04 Å². The molecule has 5 heteroatoms. The fourth-order valence-corrected chi connectivity index (χ4v) is 1.23. The van der Waals surface area contributed by atoms with Gasteiger partial charge in [-0.3, -0.25) is 9.48 Å². The van der Waals surface area contributed by atoms with Crippen LogP contribution < -0.4 is 5.32 Å². The van der Waals surface area contributed by atoms with Crippen molar-refractivity contribution in [2.75, 3.05) is 6.54 Å². The lowest BCUT2D eigenvalue weighted by molar-refractivity contribution is -0.123. The van der Waals surface area contributed by atoms with Crippen molar-refractivity contribution in [2.45, 2.75) is 13.0 Å². The van der Waals surface area contributed by atoms with E-state index in [0.29, 0.717) is 0 Å². The fourth-order valence-electron chi connectivity index (χ4n) is 0.933. The SMILES string of the molecule is C#CCNC(=O)C(C)n1cc(Br)cn1. The zero-order valence-electron chi connectivity index (χ0n) is 7.70. The summed E-state index contributed by atoms with van der Waals surface area (Å²) in [7, 11) is 0. The fraction of sp³-hybridized carbons (Fsp3) is 0.333. The average Bonchev–Trinajstić information content (AvgIpc) is 2.60. The minimum Gasteiger partial charge on any atom is -0.343 e. The van der Waals surface area contributed by atoms with Crippen LogP contribution in [0.15, 0.2) is 16.9 Å². The van der Waals surface area contributed by atoms with Crippen LogP contribution in [0.25, 0.3) is 0 Å². The Morgan fingerprint density at radius 1 is 1.93 bits per heavy atom. The Balaban J connectivity index is 2.62. The van der Waals surface area contributed by atoms with Crippen molar-refractivity contribution in [3.63, 3.8) is 0 Å². The predicted octanol–water partition coefficient (Wildman–Crippen LogP) is 0.956. The quantitative estimate of drug-likeness (QED) is 0.818. The smallest absolute Gasteiger partial charge is 0.245 e. The van der Waals surface area contributed by atoms with Crippen LogP contribution in [0.4, 0.5) is 0 Å². The number of hydrogen-bond donors (Lipinski definition) is 1. The molecule has 1 amide bonds. The molecule has 0 aliphatic carbocycles. The maximum absolute atomic E-state index is 11.4. The van der Waals surface area contributed by atoms with Crippen LogP contribution in [0, 0.1) is 12.3 Å². The molecule has 0 aromatic carbocycles. The van der Waals surface area contributed by atoms with Crippen molar-refractivity contribution in [1.29, 1.82) is 0 Å². The molecule has 0 aliphatic rings. The molecule has 0 aliphatic heterocycles. The lowest BCUT2D eigenvalue weighted by Crippen LogP contribution is -2.31. The Hall–Kier alpha value is -1.28. The highest BCUT2D eigenvalue weighted by Crippen LogP contribution is 2.11. The van der Waals surface area contributed by atoms with Gasteiger partial charge in [0, 0.05) is 6.20 Å². The van der Waals surface area contributed by atoms with Gasteiger partial charge in [-0.15, -0.1) is 6.42 Å². The van der Waals surface area contributed by atoms with Gasteiger partial charge in [0.2, 0.25) is 5.91 Å². The topological polar surface area (TPSA) is 46.9 Å². The molecule has 1 rings (SSSR count). The van der Waals surface area contributed by atoms with Crippen LogP contribution in [0.5, 0.6) is 0 Å². The summed E-state index contributed by atoms with van der Waals surface area (Å²) in [4.78, 5) is 11.4. The molecule has 0 saturated heterocycles. The van der Waals surface area contributed by atoms with Gasteiger partial charge in [-0.1, -0.05) is 5.92 Å². The van der Waals surface area contributed by atoms with E-state index in [0.717, 1.165) is 4.47 Å². The first-order valence-electron chi connectivity index (χ1n) is 4.06. The van der Waals surface area contributed by atoms with Gasteiger partial charge in [-0.25, -0.2) is 0 Å². The molecule has 14 heavy (non-hydrogen) atoms. The summed E-state index contributed by atoms with van der Waals surface area (Å²) in [6.45, 7) is 2.00. The van der Waals surface area contributed by atoms with E-state index < -0.39 is 0 Å². The molecule has 0 bridgehead atoms. The summed E-state index contributed by atoms with van der Waals surface area (Å²) < 4.78 is 2.41. The Bertz CT molecular complexity index is 366. The molecule has 0 fully saturated rings. The van der Waals surface area contributed by atoms with Crippen molar-refractivity contribution in [3.8, 4) is 12.3 Å². The molecule has 4 nitrogen and oxygen atoms in total. The third kappa shape index (κ3) is 2.60. The zero-order valence-corrected chi connectivity index (χ0v) is 9.28. The van der Waals surface area contributed by atoms with E-state index in [-0.39, 0.29) is 18.5 Å². The van der Waals surface area contributed by atoms with Crippen LogP contribution in [0.1, 0.15) is 13.0 Å². The second-order valence-corrected chi connectivity index (χ2v) is 3.65. The molecular weight excluding hydrogens is 246 g/mol. The maximum Gasteiger partial charge on any atom is 0.245 e. The number of aromatic nitrogens is 2. The number of carbonyl (C=O) groups excluding carboxylic acids is 1. The Labute approximate surface area is 90.8 Å². The highest BCUT2D eigenvalue weighted by Gasteiger charge is 2.14. The van der Waals surface area contributed by atoms with E-state index in [1.165, 1.54) is 0 Å². The van der Waals surface area contributed by atoms with Crippen LogP contribution >= 0.6 is 15.9 Å². The van der Waals surface area contributed by atoms with E-state index in [1.54, 1.807) is 24.0 Å². The molecule has 1 aromatic rings. The normalized spacial score (nSPS) is 11.8. The lowest BCUT2D eigenvalue weighted by atomic mass is 10.3. The highest BCUT2D eigenvalue weighted by atomic mass is 79.9. The monoisotopic (exact) mass is 255 g/mol. The molecule has 1 N–H and O–H groups in total. The van der Waals surface area contributed by atoms with E-state index in [4.69, 9.17) is 6.42 Å². The molecule has 0 saturated carbocycles. The van der Waals surface area contributed by atoms with Crippen molar-refractivity contribution < 1.29 is 4.79 Å². The molecule has 0 spiro atoms. The number of nitrogens with one attached hydrogen (secondary N) is 1. The first-order valence-corrected chi connectivity index (χ1v) is 4.85. The third-order valence-corrected chi connectivity index (χ3v) is 2.12. The molecule has 0 radical (unpaired) electrons. The summed E-state index contributed by atoms with van der Waals surface area (Å²) in [6, 6.07) is -0.352. The standard InChI is InChI=1S/C9H10BrN3O/c1-3-4-11-9(14)7(2)13-6-8(10)5-12-13/h1,5-7H,4H2,2H3,(H,11,14). The van der Waals surface area contributed by atoms with Crippen molar-refractivity contribution in [3.05, 3.63) is 16.9 Å². The first kappa shape index (κ1) is 10.8. The van der Waals surface area contributed by atoms with Gasteiger partial charge in [0.25, 0.3) is 0 Å². The predicted molar refractivity (Wildman–Crippen MR) is 56.5 cm³/mol. The summed E-state index contributed by atoms with van der Waals surface area (Å²) in [6.07, 6.45) is 8.39. The third-order valence-electron chi connectivity index (χ3n) is 1.71. The summed E-state index contributed by atoms with van der Waals surface area (Å²) in [5, 5.41) is 6.59. The van der Waals surface area contributed by atoms with Gasteiger partial charge in [-0.2, -0.15) is 5.10 Å². The van der Waals surface area contributed by atoms with Crippen LogP contribution in [0.2, 0.25) is 0 Å². The van der Waals surface area contributed by atoms with E-state index in [2.05, 4.69) is 32.3 Å². The Kier molecular flexibility index (Phi) is 3.72. The Morgan fingerprint density at radius 3 is 3.14 bits per heavy atom. The average molecular weight is 256 g/mol. The van der Waals surface area contributed by atoms with E-state index in [9.17, 15) is 4.79 Å². The summed E-state index contributed by atoms with van der Waals surface area (Å²) in [5.74, 6) is 2.20. The number of rotatable bonds is 3. The van der Waals surface area contributed by atoms with Gasteiger partial charge >= 0.3 is 0 Å². The minimum absolute atomic E-state index is 0.140. The molecule has 1 atom stereocenters. The van der Waals surface area contributed by atoms with Crippen molar-refractivity contribution in [1.82, 2.24) is 15.1 Å². The second kappa shape index (κ2) is 4.82. The molecule has 1 aromatic heterocycles. The van der Waals surface area contributed by atoms with E-state index in [1.807, 2.05) is 0 Å². The maximum atomic E-state index is 11.4. The summed E-state index contributed by atoms with van der Waals surface area (Å²) in [5.41, 5.74) is 0. The first-order chi connectivity index (χ1) is 6.65. The number of nitrogens with zero attached hydrogens (tertiary/aromatic N) is 2. The largest absolute Gasteiger partial charge is 0.343 e. The number of amides is 1.